The number of hydrogen-bond donors (Lipinski definition) is 2. The zero-order valence-corrected chi connectivity index (χ0v) is 26.3. The van der Waals surface area contributed by atoms with Gasteiger partial charge in [0.25, 0.3) is 0 Å². The predicted molar refractivity (Wildman–Crippen MR) is 160 cm³/mol. The van der Waals surface area contributed by atoms with Crippen LogP contribution in [-0.4, -0.2) is 69.9 Å². The van der Waals surface area contributed by atoms with E-state index in [0.717, 1.165) is 40.3 Å². The number of carboxylic acid groups (broad SMARTS) is 1. The summed E-state index contributed by atoms with van der Waals surface area (Å²) in [5, 5.41) is 11.0. The molecule has 1 aromatic carbocycles. The van der Waals surface area contributed by atoms with Crippen LogP contribution in [0.1, 0.15) is 60.4 Å². The van der Waals surface area contributed by atoms with Gasteiger partial charge in [0.2, 0.25) is 5.91 Å². The van der Waals surface area contributed by atoms with Gasteiger partial charge in [-0.3, -0.25) is 24.7 Å². The molecular formula is C29H31Br2ClN4O5. The molecule has 12 heteroatoms. The smallest absolute Gasteiger partial charge is 0.411 e. The molecule has 41 heavy (non-hydrogen) atoms. The Kier molecular flexibility index (Phi) is 9.35. The number of rotatable bonds is 3. The molecule has 2 fully saturated rings. The molecule has 2 N–H and O–H groups in total. The maximum Gasteiger partial charge on any atom is 0.411 e. The summed E-state index contributed by atoms with van der Waals surface area (Å²) in [5.74, 6) is -1.32. The number of carbonyl (C=O) groups excluding carboxylic acids is 3. The Morgan fingerprint density at radius 1 is 0.951 bits per heavy atom. The number of benzene rings is 1. The first-order chi connectivity index (χ1) is 19.6. The molecule has 5 rings (SSSR count). The fraction of sp³-hybridized carbons (Fsp3) is 0.483. The lowest BCUT2D eigenvalue weighted by Gasteiger charge is -2.38. The van der Waals surface area contributed by atoms with E-state index in [4.69, 9.17) is 21.7 Å². The van der Waals surface area contributed by atoms with E-state index in [2.05, 4.69) is 44.0 Å². The molecule has 0 saturated carbocycles. The predicted octanol–water partition coefficient (Wildman–Crippen LogP) is 5.15. The van der Waals surface area contributed by atoms with E-state index in [1.54, 1.807) is 5.32 Å². The molecule has 0 unspecified atom stereocenters. The van der Waals surface area contributed by atoms with E-state index in [-0.39, 0.29) is 17.7 Å². The molecule has 4 amide bonds. The summed E-state index contributed by atoms with van der Waals surface area (Å²) in [7, 11) is 0. The fourth-order valence-electron chi connectivity index (χ4n) is 6.52. The number of imide groups is 1. The number of aromatic nitrogens is 1. The van der Waals surface area contributed by atoms with Gasteiger partial charge in [-0.1, -0.05) is 27.5 Å². The van der Waals surface area contributed by atoms with Crippen LogP contribution in [0.25, 0.3) is 0 Å². The minimum Gasteiger partial charge on any atom is -0.465 e. The summed E-state index contributed by atoms with van der Waals surface area (Å²) >= 11 is 13.8. The number of amides is 4. The first-order valence-electron chi connectivity index (χ1n) is 13.8. The zero-order chi connectivity index (χ0) is 29.3. The normalized spacial score (nSPS) is 19.6. The zero-order valence-electron chi connectivity index (χ0n) is 22.4. The molecule has 1 aliphatic carbocycles. The first-order valence-corrected chi connectivity index (χ1v) is 15.8. The van der Waals surface area contributed by atoms with E-state index in [1.165, 1.54) is 21.6 Å². The number of aryl methyl sites for hydroxylation is 2. The van der Waals surface area contributed by atoms with Gasteiger partial charge in [0, 0.05) is 58.7 Å². The van der Waals surface area contributed by atoms with Crippen molar-refractivity contribution in [1.29, 1.82) is 0 Å². The van der Waals surface area contributed by atoms with E-state index >= 15 is 0 Å². The summed E-state index contributed by atoms with van der Waals surface area (Å²) in [6, 6.07) is 6.21. The van der Waals surface area contributed by atoms with E-state index in [0.29, 0.717) is 56.4 Å². The third kappa shape index (κ3) is 6.78. The van der Waals surface area contributed by atoms with Crippen LogP contribution >= 0.6 is 43.5 Å². The highest BCUT2D eigenvalue weighted by Crippen LogP contribution is 2.46. The lowest BCUT2D eigenvalue weighted by Crippen LogP contribution is -2.48. The highest BCUT2D eigenvalue weighted by Gasteiger charge is 2.37. The number of halogens is 3. The van der Waals surface area contributed by atoms with Crippen LogP contribution < -0.4 is 5.32 Å². The van der Waals surface area contributed by atoms with Crippen LogP contribution in [0.5, 0.6) is 0 Å². The van der Waals surface area contributed by atoms with E-state index in [1.807, 2.05) is 17.2 Å². The van der Waals surface area contributed by atoms with E-state index < -0.39 is 17.9 Å². The number of hydrogen-bond acceptors (Lipinski definition) is 5. The number of fused-ring (bicyclic) bond motifs is 2. The third-order valence-corrected chi connectivity index (χ3v) is 9.87. The van der Waals surface area contributed by atoms with E-state index in [9.17, 15) is 19.2 Å². The monoisotopic (exact) mass is 708 g/mol. The molecule has 9 nitrogen and oxygen atoms in total. The van der Waals surface area contributed by atoms with Gasteiger partial charge in [-0.05, 0) is 101 Å². The van der Waals surface area contributed by atoms with Crippen LogP contribution in [0.3, 0.4) is 0 Å². The molecular weight excluding hydrogens is 680 g/mol. The molecule has 218 valence electrons. The molecule has 0 spiro atoms. The Bertz CT molecular complexity index is 1370. The van der Waals surface area contributed by atoms with Crippen molar-refractivity contribution in [3.63, 3.8) is 0 Å². The van der Waals surface area contributed by atoms with Crippen molar-refractivity contribution in [2.75, 3.05) is 26.2 Å². The summed E-state index contributed by atoms with van der Waals surface area (Å²) in [6.07, 6.45) is 5.44. The molecule has 2 saturated heterocycles. The van der Waals surface area contributed by atoms with Crippen molar-refractivity contribution >= 4 is 67.3 Å². The van der Waals surface area contributed by atoms with Gasteiger partial charge >= 0.3 is 17.9 Å². The summed E-state index contributed by atoms with van der Waals surface area (Å²) < 4.78 is 1.98. The maximum atomic E-state index is 13.3. The SMILES string of the molecule is O=C(O)NC(=O)C(=O)N1CCC(CC(=O)N2CCC([C@H]3c4ncc(Br)cc4CCc4cc(Cl)cc(Br)c43)CC2)CC1. The lowest BCUT2D eigenvalue weighted by molar-refractivity contribution is -0.146. The average molecular weight is 711 g/mol. The summed E-state index contributed by atoms with van der Waals surface area (Å²) in [5.41, 5.74) is 4.85. The van der Waals surface area contributed by atoms with Crippen molar-refractivity contribution in [3.05, 3.63) is 60.7 Å². The summed E-state index contributed by atoms with van der Waals surface area (Å²) in [4.78, 5) is 56.0. The lowest BCUT2D eigenvalue weighted by atomic mass is 9.76. The number of likely N-dealkylation sites (tertiary alicyclic amines) is 2. The minimum atomic E-state index is -1.55. The van der Waals surface area contributed by atoms with Crippen molar-refractivity contribution in [2.45, 2.75) is 50.9 Å². The Hall–Kier alpha value is -2.50. The third-order valence-electron chi connectivity index (χ3n) is 8.56. The van der Waals surface area contributed by atoms with Crippen LogP contribution in [0.4, 0.5) is 4.79 Å². The van der Waals surface area contributed by atoms with Crippen LogP contribution in [0, 0.1) is 11.8 Å². The molecule has 3 heterocycles. The van der Waals surface area contributed by atoms with Gasteiger partial charge in [-0.15, -0.1) is 0 Å². The molecule has 1 aromatic heterocycles. The fourth-order valence-corrected chi connectivity index (χ4v) is 8.02. The van der Waals surface area contributed by atoms with Gasteiger partial charge in [-0.2, -0.15) is 0 Å². The van der Waals surface area contributed by atoms with Gasteiger partial charge in [-0.25, -0.2) is 4.79 Å². The second-order valence-electron chi connectivity index (χ2n) is 11.1. The standard InChI is InChI=1S/C29H31Br2ClN4O5/c30-20-12-19-2-1-18-13-21(32)14-22(31)24(18)25(26(19)33-15-20)17-5-9-35(10-6-17)23(37)11-16-3-7-36(8-4-16)28(39)27(38)34-29(40)41/h12-17,25H,1-11H2,(H,34,38)(H,40,41)/t25-/m1/s1. The molecule has 2 aliphatic heterocycles. The number of piperidine rings is 2. The molecule has 1 atom stereocenters. The Balaban J connectivity index is 1.22. The van der Waals surface area contributed by atoms with Crippen LogP contribution in [0.2, 0.25) is 5.02 Å². The number of carbonyl (C=O) groups is 4. The molecule has 2 aromatic rings. The number of nitrogens with zero attached hydrogens (tertiary/aromatic N) is 3. The first kappa shape index (κ1) is 30.0. The topological polar surface area (TPSA) is 120 Å². The Morgan fingerprint density at radius 2 is 1.61 bits per heavy atom. The Morgan fingerprint density at radius 3 is 2.29 bits per heavy atom. The Labute approximate surface area is 260 Å². The number of pyridine rings is 1. The second kappa shape index (κ2) is 12.8. The van der Waals surface area contributed by atoms with Crippen molar-refractivity contribution in [1.82, 2.24) is 20.1 Å². The second-order valence-corrected chi connectivity index (χ2v) is 13.3. The number of nitrogens with one attached hydrogen (secondary N) is 1. The molecule has 3 aliphatic rings. The quantitative estimate of drug-likeness (QED) is 0.426. The van der Waals surface area contributed by atoms with Crippen LogP contribution in [-0.2, 0) is 27.2 Å². The van der Waals surface area contributed by atoms with Crippen molar-refractivity contribution in [2.24, 2.45) is 11.8 Å². The van der Waals surface area contributed by atoms with Gasteiger partial charge < -0.3 is 14.9 Å². The highest BCUT2D eigenvalue weighted by atomic mass is 79.9. The van der Waals surface area contributed by atoms with Gasteiger partial charge in [0.1, 0.15) is 0 Å². The van der Waals surface area contributed by atoms with Crippen LogP contribution in [0.15, 0.2) is 33.3 Å². The molecule has 0 radical (unpaired) electrons. The van der Waals surface area contributed by atoms with Crippen molar-refractivity contribution < 1.29 is 24.3 Å². The summed E-state index contributed by atoms with van der Waals surface area (Å²) in [6.45, 7) is 2.01. The van der Waals surface area contributed by atoms with Gasteiger partial charge in [0.15, 0.2) is 0 Å². The largest absolute Gasteiger partial charge is 0.465 e. The molecule has 0 bridgehead atoms. The van der Waals surface area contributed by atoms with Crippen molar-refractivity contribution in [3.8, 4) is 0 Å². The maximum absolute atomic E-state index is 13.3. The average Bonchev–Trinajstić information content (AvgIpc) is 3.09. The van der Waals surface area contributed by atoms with Gasteiger partial charge in [0.05, 0.1) is 5.69 Å². The minimum absolute atomic E-state index is 0.111. The highest BCUT2D eigenvalue weighted by molar-refractivity contribution is 9.10.